The molecular weight excluding hydrogens is 372 g/mol. The summed E-state index contributed by atoms with van der Waals surface area (Å²) in [7, 11) is 0. The van der Waals surface area contributed by atoms with Gasteiger partial charge in [-0.2, -0.15) is 0 Å². The third kappa shape index (κ3) is 2.75. The summed E-state index contributed by atoms with van der Waals surface area (Å²) in [5.41, 5.74) is 3.51. The molecule has 3 heterocycles. The molecule has 3 aromatic heterocycles. The number of hydrogen-bond acceptors (Lipinski definition) is 6. The average molecular weight is 386 g/mol. The fourth-order valence-corrected chi connectivity index (χ4v) is 4.02. The Bertz CT molecular complexity index is 1370. The lowest BCUT2D eigenvalue weighted by atomic mass is 10.0. The summed E-state index contributed by atoms with van der Waals surface area (Å²) >= 11 is 1.52. The van der Waals surface area contributed by atoms with Crippen molar-refractivity contribution >= 4 is 32.5 Å². The van der Waals surface area contributed by atoms with Crippen molar-refractivity contribution in [2.75, 3.05) is 0 Å². The van der Waals surface area contributed by atoms with Crippen LogP contribution in [0.1, 0.15) is 5.56 Å². The van der Waals surface area contributed by atoms with E-state index in [4.69, 9.17) is 9.15 Å². The smallest absolute Gasteiger partial charge is 0.336 e. The zero-order chi connectivity index (χ0) is 19.1. The summed E-state index contributed by atoms with van der Waals surface area (Å²) in [6.07, 6.45) is 1.48. The van der Waals surface area contributed by atoms with Crippen molar-refractivity contribution in [3.63, 3.8) is 0 Å². The molecule has 136 valence electrons. The molecule has 0 fully saturated rings. The Morgan fingerprint density at radius 2 is 1.89 bits per heavy atom. The number of rotatable bonds is 3. The first-order chi connectivity index (χ1) is 13.7. The van der Waals surface area contributed by atoms with E-state index in [1.165, 1.54) is 23.7 Å². The molecule has 0 aliphatic rings. The van der Waals surface area contributed by atoms with Crippen LogP contribution in [-0.4, -0.2) is 9.97 Å². The summed E-state index contributed by atoms with van der Waals surface area (Å²) in [4.78, 5) is 20.7. The minimum atomic E-state index is -0.394. The predicted molar refractivity (Wildman–Crippen MR) is 110 cm³/mol. The lowest BCUT2D eigenvalue weighted by Crippen LogP contribution is -2.00. The first-order valence-electron chi connectivity index (χ1n) is 8.69. The van der Waals surface area contributed by atoms with Gasteiger partial charge in [0.25, 0.3) is 0 Å². The van der Waals surface area contributed by atoms with E-state index in [2.05, 4.69) is 9.97 Å². The normalized spacial score (nSPS) is 11.2. The first kappa shape index (κ1) is 16.6. The minimum absolute atomic E-state index is 0.394. The van der Waals surface area contributed by atoms with Gasteiger partial charge < -0.3 is 9.15 Å². The Kier molecular flexibility index (Phi) is 3.91. The number of aryl methyl sites for hydroxylation is 1. The molecule has 0 saturated heterocycles. The van der Waals surface area contributed by atoms with E-state index < -0.39 is 5.63 Å². The third-order valence-corrected chi connectivity index (χ3v) is 5.50. The van der Waals surface area contributed by atoms with Crippen LogP contribution in [0.4, 0.5) is 0 Å². The molecule has 0 spiro atoms. The van der Waals surface area contributed by atoms with Gasteiger partial charge in [-0.1, -0.05) is 30.3 Å². The number of ether oxygens (including phenoxy) is 1. The van der Waals surface area contributed by atoms with Crippen molar-refractivity contribution in [3.05, 3.63) is 82.3 Å². The molecule has 0 aliphatic carbocycles. The number of nitrogens with zero attached hydrogens (tertiary/aromatic N) is 2. The van der Waals surface area contributed by atoms with Gasteiger partial charge in [0.2, 0.25) is 5.88 Å². The topological polar surface area (TPSA) is 65.2 Å². The Labute approximate surface area is 163 Å². The van der Waals surface area contributed by atoms with Gasteiger partial charge in [0.1, 0.15) is 22.4 Å². The Morgan fingerprint density at radius 3 is 2.75 bits per heavy atom. The summed E-state index contributed by atoms with van der Waals surface area (Å²) in [5.74, 6) is 1.08. The number of fused-ring (bicyclic) bond motifs is 2. The summed E-state index contributed by atoms with van der Waals surface area (Å²) < 4.78 is 12.5. The van der Waals surface area contributed by atoms with Crippen molar-refractivity contribution in [1.82, 2.24) is 9.97 Å². The number of hydrogen-bond donors (Lipinski definition) is 0. The van der Waals surface area contributed by atoms with Crippen LogP contribution in [0.25, 0.3) is 32.3 Å². The fourth-order valence-electron chi connectivity index (χ4n) is 3.25. The predicted octanol–water partition coefficient (Wildman–Crippen LogP) is 5.57. The van der Waals surface area contributed by atoms with Crippen LogP contribution >= 0.6 is 11.3 Å². The zero-order valence-electron chi connectivity index (χ0n) is 14.9. The Hall–Kier alpha value is -3.51. The molecule has 0 unspecified atom stereocenters. The second kappa shape index (κ2) is 6.58. The van der Waals surface area contributed by atoms with E-state index in [1.807, 2.05) is 60.8 Å². The minimum Gasteiger partial charge on any atom is -0.437 e. The molecule has 0 saturated carbocycles. The highest BCUT2D eigenvalue weighted by molar-refractivity contribution is 7.17. The summed E-state index contributed by atoms with van der Waals surface area (Å²) in [6, 6.07) is 17.0. The molecule has 0 atom stereocenters. The van der Waals surface area contributed by atoms with Crippen LogP contribution in [0.2, 0.25) is 0 Å². The monoisotopic (exact) mass is 386 g/mol. The van der Waals surface area contributed by atoms with Crippen LogP contribution in [0.5, 0.6) is 11.6 Å². The highest BCUT2D eigenvalue weighted by Crippen LogP contribution is 2.36. The van der Waals surface area contributed by atoms with E-state index in [1.54, 1.807) is 0 Å². The third-order valence-electron chi connectivity index (χ3n) is 4.61. The molecule has 2 aromatic carbocycles. The quantitative estimate of drug-likeness (QED) is 0.380. The van der Waals surface area contributed by atoms with Crippen LogP contribution < -0.4 is 10.4 Å². The standard InChI is InChI=1S/C22H14N2O3S/c1-13-18(26-22-21-17(9-10-28-21)23-12-24-22)8-7-15-16(11-19(25)27-20(13)15)14-5-3-2-4-6-14/h2-12H,1H3. The molecule has 5 aromatic rings. The second-order valence-corrected chi connectivity index (χ2v) is 7.24. The van der Waals surface area contributed by atoms with E-state index >= 15 is 0 Å². The van der Waals surface area contributed by atoms with Crippen molar-refractivity contribution in [2.24, 2.45) is 0 Å². The second-order valence-electron chi connectivity index (χ2n) is 6.33. The lowest BCUT2D eigenvalue weighted by Gasteiger charge is -2.12. The van der Waals surface area contributed by atoms with Gasteiger partial charge in [0, 0.05) is 17.0 Å². The highest BCUT2D eigenvalue weighted by atomic mass is 32.1. The Morgan fingerprint density at radius 1 is 1.04 bits per heavy atom. The maximum Gasteiger partial charge on any atom is 0.336 e. The first-order valence-corrected chi connectivity index (χ1v) is 9.57. The molecule has 28 heavy (non-hydrogen) atoms. The van der Waals surface area contributed by atoms with Gasteiger partial charge in [0.15, 0.2) is 0 Å². The molecule has 0 bridgehead atoms. The average Bonchev–Trinajstić information content (AvgIpc) is 3.20. The summed E-state index contributed by atoms with van der Waals surface area (Å²) in [6.45, 7) is 1.88. The maximum absolute atomic E-state index is 12.2. The maximum atomic E-state index is 12.2. The van der Waals surface area contributed by atoms with Crippen molar-refractivity contribution in [1.29, 1.82) is 0 Å². The largest absolute Gasteiger partial charge is 0.437 e. The fraction of sp³-hybridized carbons (Fsp3) is 0.0455. The van der Waals surface area contributed by atoms with E-state index in [9.17, 15) is 4.79 Å². The van der Waals surface area contributed by atoms with Crippen molar-refractivity contribution in [2.45, 2.75) is 6.92 Å². The summed E-state index contributed by atoms with van der Waals surface area (Å²) in [5, 5.41) is 2.81. The molecule has 0 radical (unpaired) electrons. The van der Waals surface area contributed by atoms with E-state index in [-0.39, 0.29) is 0 Å². The van der Waals surface area contributed by atoms with Gasteiger partial charge in [-0.05, 0) is 41.6 Å². The van der Waals surface area contributed by atoms with Crippen molar-refractivity contribution < 1.29 is 9.15 Å². The number of benzene rings is 2. The van der Waals surface area contributed by atoms with Crippen LogP contribution in [0.3, 0.4) is 0 Å². The van der Waals surface area contributed by atoms with Gasteiger partial charge in [-0.3, -0.25) is 0 Å². The van der Waals surface area contributed by atoms with Crippen molar-refractivity contribution in [3.8, 4) is 22.8 Å². The highest BCUT2D eigenvalue weighted by Gasteiger charge is 2.15. The molecule has 6 heteroatoms. The molecule has 0 amide bonds. The van der Waals surface area contributed by atoms with Crippen LogP contribution in [0.15, 0.2) is 75.5 Å². The zero-order valence-corrected chi connectivity index (χ0v) is 15.7. The molecule has 0 aliphatic heterocycles. The van der Waals surface area contributed by atoms with Gasteiger partial charge in [0.05, 0.1) is 5.52 Å². The van der Waals surface area contributed by atoms with Gasteiger partial charge in [-0.25, -0.2) is 14.8 Å². The molecule has 5 rings (SSSR count). The molecule has 0 N–H and O–H groups in total. The van der Waals surface area contributed by atoms with E-state index in [0.717, 1.165) is 32.3 Å². The molecular formula is C22H14N2O3S. The molecule has 5 nitrogen and oxygen atoms in total. The Balaban J connectivity index is 1.68. The van der Waals surface area contributed by atoms with E-state index in [0.29, 0.717) is 17.2 Å². The number of thiophene rings is 1. The SMILES string of the molecule is Cc1c(Oc2ncnc3ccsc23)ccc2c(-c3ccccc3)cc(=O)oc12. The van der Waals surface area contributed by atoms with Crippen LogP contribution in [-0.2, 0) is 0 Å². The lowest BCUT2D eigenvalue weighted by molar-refractivity contribution is 0.463. The van der Waals surface area contributed by atoms with Gasteiger partial charge >= 0.3 is 5.63 Å². The van der Waals surface area contributed by atoms with Crippen LogP contribution in [0, 0.1) is 6.92 Å². The number of aromatic nitrogens is 2. The van der Waals surface area contributed by atoms with Gasteiger partial charge in [-0.15, -0.1) is 11.3 Å².